The molecule has 19 heavy (non-hydrogen) atoms. The highest BCUT2D eigenvalue weighted by molar-refractivity contribution is 7.89. The van der Waals surface area contributed by atoms with Crippen molar-refractivity contribution in [1.82, 2.24) is 4.31 Å². The van der Waals surface area contributed by atoms with Gasteiger partial charge in [-0.1, -0.05) is 26.0 Å². The van der Waals surface area contributed by atoms with Gasteiger partial charge in [-0.3, -0.25) is 0 Å². The summed E-state index contributed by atoms with van der Waals surface area (Å²) in [6.07, 6.45) is 0. The van der Waals surface area contributed by atoms with E-state index in [-0.39, 0.29) is 30.6 Å². The van der Waals surface area contributed by atoms with Gasteiger partial charge in [0.2, 0.25) is 10.0 Å². The number of hydrogen-bond donors (Lipinski definition) is 2. The van der Waals surface area contributed by atoms with Crippen LogP contribution < -0.4 is 0 Å². The Morgan fingerprint density at radius 2 is 1.74 bits per heavy atom. The van der Waals surface area contributed by atoms with E-state index in [9.17, 15) is 8.42 Å². The number of sulfonamides is 1. The summed E-state index contributed by atoms with van der Waals surface area (Å²) in [7, 11) is -3.59. The van der Waals surface area contributed by atoms with E-state index in [1.165, 1.54) is 16.4 Å². The van der Waals surface area contributed by atoms with Crippen LogP contribution in [0, 0.1) is 5.92 Å². The third-order valence-corrected chi connectivity index (χ3v) is 4.54. The molecule has 0 atom stereocenters. The molecule has 0 unspecified atom stereocenters. The molecule has 5 nitrogen and oxygen atoms in total. The summed E-state index contributed by atoms with van der Waals surface area (Å²) in [5.41, 5.74) is 0.663. The normalized spacial score (nSPS) is 12.3. The average Bonchev–Trinajstić information content (AvgIpc) is 2.38. The minimum atomic E-state index is -3.59. The van der Waals surface area contributed by atoms with Crippen molar-refractivity contribution in [2.45, 2.75) is 25.3 Å². The Morgan fingerprint density at radius 3 is 2.16 bits per heavy atom. The van der Waals surface area contributed by atoms with Crippen molar-refractivity contribution < 1.29 is 18.6 Å². The third kappa shape index (κ3) is 4.28. The van der Waals surface area contributed by atoms with Crippen LogP contribution in [0.4, 0.5) is 0 Å². The Bertz CT molecular complexity index is 482. The Labute approximate surface area is 114 Å². The van der Waals surface area contributed by atoms with Crippen molar-refractivity contribution in [3.05, 3.63) is 29.8 Å². The molecule has 1 aromatic carbocycles. The first-order valence-electron chi connectivity index (χ1n) is 6.22. The fraction of sp³-hybridized carbons (Fsp3) is 0.538. The minimum Gasteiger partial charge on any atom is -0.395 e. The molecule has 1 rings (SSSR count). The van der Waals surface area contributed by atoms with Crippen LogP contribution >= 0.6 is 0 Å². The number of aliphatic hydroxyl groups excluding tert-OH is 2. The second-order valence-corrected chi connectivity index (χ2v) is 6.72. The summed E-state index contributed by atoms with van der Waals surface area (Å²) in [4.78, 5) is 0.179. The van der Waals surface area contributed by atoms with Gasteiger partial charge in [-0.2, -0.15) is 4.31 Å². The van der Waals surface area contributed by atoms with E-state index in [2.05, 4.69) is 0 Å². The van der Waals surface area contributed by atoms with E-state index in [1.807, 2.05) is 13.8 Å². The second-order valence-electron chi connectivity index (χ2n) is 4.78. The molecule has 2 N–H and O–H groups in total. The van der Waals surface area contributed by atoms with Gasteiger partial charge >= 0.3 is 0 Å². The first-order valence-corrected chi connectivity index (χ1v) is 7.66. The van der Waals surface area contributed by atoms with Gasteiger partial charge < -0.3 is 10.2 Å². The lowest BCUT2D eigenvalue weighted by atomic mass is 10.2. The predicted octanol–water partition coefficient (Wildman–Crippen LogP) is 0.818. The van der Waals surface area contributed by atoms with Gasteiger partial charge in [-0.15, -0.1) is 0 Å². The van der Waals surface area contributed by atoms with Crippen LogP contribution in [0.3, 0.4) is 0 Å². The van der Waals surface area contributed by atoms with E-state index < -0.39 is 10.0 Å². The molecule has 0 bridgehead atoms. The van der Waals surface area contributed by atoms with Gasteiger partial charge in [0.1, 0.15) is 0 Å². The number of rotatable bonds is 7. The van der Waals surface area contributed by atoms with Crippen molar-refractivity contribution in [2.75, 3.05) is 19.7 Å². The van der Waals surface area contributed by atoms with E-state index in [1.54, 1.807) is 12.1 Å². The Morgan fingerprint density at radius 1 is 1.16 bits per heavy atom. The molecule has 6 heteroatoms. The maximum Gasteiger partial charge on any atom is 0.243 e. The predicted molar refractivity (Wildman–Crippen MR) is 73.0 cm³/mol. The molecule has 0 aliphatic heterocycles. The number of hydrogen-bond acceptors (Lipinski definition) is 4. The molecule has 1 aromatic rings. The standard InChI is InChI=1S/C13H21NO4S/c1-11(2)9-14(7-8-15)19(17,18)13-5-3-12(10-16)4-6-13/h3-6,11,15-16H,7-10H2,1-2H3. The summed E-state index contributed by atoms with van der Waals surface area (Å²) >= 11 is 0. The molecule has 0 aliphatic rings. The first kappa shape index (κ1) is 16.1. The van der Waals surface area contributed by atoms with Crippen LogP contribution in [0.15, 0.2) is 29.2 Å². The molecule has 0 saturated carbocycles. The van der Waals surface area contributed by atoms with Gasteiger partial charge in [0.15, 0.2) is 0 Å². The fourth-order valence-corrected chi connectivity index (χ4v) is 3.34. The van der Waals surface area contributed by atoms with Crippen molar-refractivity contribution in [1.29, 1.82) is 0 Å². The highest BCUT2D eigenvalue weighted by atomic mass is 32.2. The molecular formula is C13H21NO4S. The smallest absolute Gasteiger partial charge is 0.243 e. The number of aliphatic hydroxyl groups is 2. The van der Waals surface area contributed by atoms with Crippen molar-refractivity contribution >= 4 is 10.0 Å². The largest absolute Gasteiger partial charge is 0.395 e. The van der Waals surface area contributed by atoms with Crippen LogP contribution in [-0.2, 0) is 16.6 Å². The zero-order valence-electron chi connectivity index (χ0n) is 11.3. The Kier molecular flexibility index (Phi) is 5.93. The summed E-state index contributed by atoms with van der Waals surface area (Å²) in [5.74, 6) is 0.179. The molecule has 0 aromatic heterocycles. The van der Waals surface area contributed by atoms with Gasteiger partial charge in [-0.25, -0.2) is 8.42 Å². The Balaban J connectivity index is 3.03. The molecule has 0 spiro atoms. The highest BCUT2D eigenvalue weighted by Gasteiger charge is 2.24. The molecule has 0 fully saturated rings. The molecule has 0 aliphatic carbocycles. The maximum atomic E-state index is 12.4. The van der Waals surface area contributed by atoms with Gasteiger partial charge in [0, 0.05) is 13.1 Å². The highest BCUT2D eigenvalue weighted by Crippen LogP contribution is 2.17. The summed E-state index contributed by atoms with van der Waals surface area (Å²) in [6.45, 7) is 3.98. The Hall–Kier alpha value is -0.950. The second kappa shape index (κ2) is 7.00. The summed E-state index contributed by atoms with van der Waals surface area (Å²) in [6, 6.07) is 6.12. The number of benzene rings is 1. The molecule has 0 amide bonds. The molecule has 0 saturated heterocycles. The molecular weight excluding hydrogens is 266 g/mol. The van der Waals surface area contributed by atoms with E-state index in [0.717, 1.165) is 0 Å². The maximum absolute atomic E-state index is 12.4. The van der Waals surface area contributed by atoms with E-state index in [4.69, 9.17) is 10.2 Å². The van der Waals surface area contributed by atoms with Crippen LogP contribution in [0.1, 0.15) is 19.4 Å². The van der Waals surface area contributed by atoms with Crippen LogP contribution in [0.25, 0.3) is 0 Å². The minimum absolute atomic E-state index is 0.0856. The van der Waals surface area contributed by atoms with Crippen molar-refractivity contribution in [3.63, 3.8) is 0 Å². The lowest BCUT2D eigenvalue weighted by molar-refractivity contribution is 0.244. The van der Waals surface area contributed by atoms with Gasteiger partial charge in [0.25, 0.3) is 0 Å². The quantitative estimate of drug-likeness (QED) is 0.778. The third-order valence-electron chi connectivity index (χ3n) is 2.66. The SMILES string of the molecule is CC(C)CN(CCO)S(=O)(=O)c1ccc(CO)cc1. The van der Waals surface area contributed by atoms with Crippen molar-refractivity contribution in [2.24, 2.45) is 5.92 Å². The zero-order valence-corrected chi connectivity index (χ0v) is 12.1. The monoisotopic (exact) mass is 287 g/mol. The van der Waals surface area contributed by atoms with Crippen LogP contribution in [0.5, 0.6) is 0 Å². The van der Waals surface area contributed by atoms with Crippen molar-refractivity contribution in [3.8, 4) is 0 Å². The van der Waals surface area contributed by atoms with E-state index in [0.29, 0.717) is 12.1 Å². The molecule has 0 heterocycles. The lowest BCUT2D eigenvalue weighted by Gasteiger charge is -2.23. The van der Waals surface area contributed by atoms with E-state index >= 15 is 0 Å². The lowest BCUT2D eigenvalue weighted by Crippen LogP contribution is -2.36. The van der Waals surface area contributed by atoms with Crippen LogP contribution in [-0.4, -0.2) is 42.6 Å². The van der Waals surface area contributed by atoms with Crippen LogP contribution in [0.2, 0.25) is 0 Å². The van der Waals surface area contributed by atoms with Gasteiger partial charge in [0.05, 0.1) is 18.1 Å². The first-order chi connectivity index (χ1) is 8.91. The molecule has 108 valence electrons. The fourth-order valence-electron chi connectivity index (χ4n) is 1.74. The average molecular weight is 287 g/mol. The summed E-state index contributed by atoms with van der Waals surface area (Å²) < 4.78 is 26.1. The molecule has 0 radical (unpaired) electrons. The zero-order chi connectivity index (χ0) is 14.5. The topological polar surface area (TPSA) is 77.8 Å². The number of nitrogens with zero attached hydrogens (tertiary/aromatic N) is 1. The van der Waals surface area contributed by atoms with Gasteiger partial charge in [-0.05, 0) is 23.6 Å². The summed E-state index contributed by atoms with van der Waals surface area (Å²) in [5, 5.41) is 18.0.